The van der Waals surface area contributed by atoms with Gasteiger partial charge in [0, 0.05) is 5.69 Å². The van der Waals surface area contributed by atoms with Crippen LogP contribution in [0, 0.1) is 0 Å². The predicted molar refractivity (Wildman–Crippen MR) is 125 cm³/mol. The molecule has 4 rings (SSSR count). The van der Waals surface area contributed by atoms with Crippen LogP contribution >= 0.6 is 34.9 Å². The van der Waals surface area contributed by atoms with Crippen molar-refractivity contribution in [1.29, 1.82) is 0 Å². The molecular formula is C15H15N11O4S4. The van der Waals surface area contributed by atoms with Crippen LogP contribution in [0.25, 0.3) is 5.78 Å². The quantitative estimate of drug-likeness (QED) is 0.121. The molecule has 3 heterocycles. The normalized spacial score (nSPS) is 11.6. The van der Waals surface area contributed by atoms with Crippen molar-refractivity contribution < 1.29 is 18.0 Å². The van der Waals surface area contributed by atoms with Crippen molar-refractivity contribution in [2.24, 2.45) is 5.14 Å². The molecule has 0 spiro atoms. The summed E-state index contributed by atoms with van der Waals surface area (Å²) in [6.45, 7) is 0. The maximum atomic E-state index is 12.2. The second-order valence-corrected chi connectivity index (χ2v) is 11.1. The molecule has 0 saturated heterocycles. The van der Waals surface area contributed by atoms with Crippen molar-refractivity contribution in [2.45, 2.75) is 14.4 Å². The minimum Gasteiger partial charge on any atom is -0.335 e. The fourth-order valence-electron chi connectivity index (χ4n) is 2.43. The van der Waals surface area contributed by atoms with Crippen molar-refractivity contribution in [1.82, 2.24) is 34.7 Å². The van der Waals surface area contributed by atoms with E-state index in [2.05, 4.69) is 36.1 Å². The Labute approximate surface area is 203 Å². The van der Waals surface area contributed by atoms with Gasteiger partial charge in [0.2, 0.25) is 32.1 Å². The first-order valence-electron chi connectivity index (χ1n) is 9.04. The zero-order valence-corrected chi connectivity index (χ0v) is 20.1. The van der Waals surface area contributed by atoms with Crippen molar-refractivity contribution in [3.8, 4) is 0 Å². The maximum absolute atomic E-state index is 12.2. The molecule has 3 aromatic heterocycles. The number of hydrogen-bond acceptors (Lipinski definition) is 13. The Morgan fingerprint density at radius 1 is 1.00 bits per heavy atom. The van der Waals surface area contributed by atoms with Gasteiger partial charge in [-0.05, 0) is 24.3 Å². The third kappa shape index (κ3) is 5.80. The van der Waals surface area contributed by atoms with E-state index in [-0.39, 0.29) is 33.3 Å². The van der Waals surface area contributed by atoms with Crippen molar-refractivity contribution in [3.05, 3.63) is 30.6 Å². The predicted octanol–water partition coefficient (Wildman–Crippen LogP) is -0.400. The first-order valence-corrected chi connectivity index (χ1v) is 13.4. The molecule has 4 aromatic rings. The summed E-state index contributed by atoms with van der Waals surface area (Å²) in [4.78, 5) is 24.3. The number of hydrogen-bond donors (Lipinski definition) is 4. The van der Waals surface area contributed by atoms with E-state index in [1.165, 1.54) is 39.8 Å². The summed E-state index contributed by atoms with van der Waals surface area (Å²) in [5, 5.41) is 30.6. The topological polar surface area (TPSA) is 218 Å². The number of thioether (sulfide) groups is 2. The van der Waals surface area contributed by atoms with E-state index in [9.17, 15) is 18.0 Å². The van der Waals surface area contributed by atoms with E-state index >= 15 is 0 Å². The number of rotatable bonds is 9. The smallest absolute Gasteiger partial charge is 0.273 e. The monoisotopic (exact) mass is 541 g/mol. The number of sulfonamides is 1. The number of carbonyl (C=O) groups excluding carboxylic acids is 2. The molecule has 0 unspecified atom stereocenters. The fourth-order valence-corrected chi connectivity index (χ4v) is 5.19. The summed E-state index contributed by atoms with van der Waals surface area (Å²) >= 11 is 3.38. The molecule has 34 heavy (non-hydrogen) atoms. The summed E-state index contributed by atoms with van der Waals surface area (Å²) in [7, 11) is -3.80. The molecule has 0 fully saturated rings. The van der Waals surface area contributed by atoms with Crippen molar-refractivity contribution in [3.63, 3.8) is 0 Å². The molecule has 0 aliphatic rings. The number of nitrogen functional groups attached to an aromatic ring is 1. The Morgan fingerprint density at radius 3 is 2.44 bits per heavy atom. The van der Waals surface area contributed by atoms with Crippen LogP contribution in [-0.4, -0.2) is 66.4 Å². The minimum absolute atomic E-state index is 0.0338. The zero-order chi connectivity index (χ0) is 24.3. The number of aromatic nitrogens is 7. The van der Waals surface area contributed by atoms with Crippen molar-refractivity contribution >= 4 is 73.3 Å². The molecule has 19 heteroatoms. The van der Waals surface area contributed by atoms with Gasteiger partial charge in [0.1, 0.15) is 6.33 Å². The number of amides is 2. The van der Waals surface area contributed by atoms with Crippen molar-refractivity contribution in [2.75, 3.05) is 28.0 Å². The van der Waals surface area contributed by atoms with E-state index in [0.29, 0.717) is 21.0 Å². The molecule has 178 valence electrons. The highest BCUT2D eigenvalue weighted by Gasteiger charge is 2.15. The van der Waals surface area contributed by atoms with E-state index < -0.39 is 10.0 Å². The lowest BCUT2D eigenvalue weighted by Gasteiger charge is -2.05. The number of primary sulfonamides is 1. The average molecular weight is 542 g/mol. The Hall–Kier alpha value is -3.26. The number of benzene rings is 1. The van der Waals surface area contributed by atoms with Crippen LogP contribution in [0.4, 0.5) is 10.8 Å². The lowest BCUT2D eigenvalue weighted by Crippen LogP contribution is -2.15. The molecule has 0 aliphatic heterocycles. The minimum atomic E-state index is -3.80. The van der Waals surface area contributed by atoms with Crippen LogP contribution in [0.1, 0.15) is 0 Å². The van der Waals surface area contributed by atoms with Gasteiger partial charge < -0.3 is 11.2 Å². The molecule has 2 amide bonds. The largest absolute Gasteiger partial charge is 0.335 e. The standard InChI is InChI=1S/C15H15N11O4S4/c16-25-7-18-26-13(25)22-23-14(26)31-5-11(28)20-12-21-24-15(33-12)32-6-10(27)19-8-1-3-9(4-2-8)34(17,29)30/h1-4,7H,5-6,16H2,(H,19,27)(H2,17,29,30)(H,20,21,28). The first-order chi connectivity index (χ1) is 16.2. The molecule has 6 N–H and O–H groups in total. The van der Waals surface area contributed by atoms with Gasteiger partial charge in [0.25, 0.3) is 5.78 Å². The molecule has 0 aliphatic carbocycles. The van der Waals surface area contributed by atoms with Gasteiger partial charge in [-0.1, -0.05) is 34.9 Å². The molecule has 0 atom stereocenters. The fraction of sp³-hybridized carbons (Fsp3) is 0.133. The lowest BCUT2D eigenvalue weighted by atomic mass is 10.3. The van der Waals surface area contributed by atoms with Crippen LogP contribution in [0.2, 0.25) is 0 Å². The second kappa shape index (κ2) is 9.93. The SMILES string of the molecule is Nn1cnn2c(SCC(=O)Nc3nnc(SCC(=O)Nc4ccc(S(N)(=O)=O)cc4)s3)nnc12. The summed E-state index contributed by atoms with van der Waals surface area (Å²) in [6, 6.07) is 5.47. The highest BCUT2D eigenvalue weighted by atomic mass is 32.2. The Balaban J connectivity index is 1.23. The maximum Gasteiger partial charge on any atom is 0.273 e. The molecule has 1 aromatic carbocycles. The van der Waals surface area contributed by atoms with Gasteiger partial charge in [0.05, 0.1) is 16.4 Å². The van der Waals surface area contributed by atoms with Crippen LogP contribution in [0.3, 0.4) is 0 Å². The van der Waals surface area contributed by atoms with Gasteiger partial charge in [-0.15, -0.1) is 20.4 Å². The van der Waals surface area contributed by atoms with Crippen LogP contribution < -0.4 is 21.6 Å². The molecule has 0 saturated carbocycles. The van der Waals surface area contributed by atoms with Crippen LogP contribution in [-0.2, 0) is 19.6 Å². The highest BCUT2D eigenvalue weighted by molar-refractivity contribution is 8.01. The summed E-state index contributed by atoms with van der Waals surface area (Å²) in [5.41, 5.74) is 0.420. The van der Waals surface area contributed by atoms with E-state index in [4.69, 9.17) is 11.0 Å². The second-order valence-electron chi connectivity index (χ2n) is 6.35. The van der Waals surface area contributed by atoms with Crippen LogP contribution in [0.5, 0.6) is 0 Å². The number of carbonyl (C=O) groups is 2. The average Bonchev–Trinajstić information content (AvgIpc) is 3.49. The van der Waals surface area contributed by atoms with Crippen LogP contribution in [0.15, 0.2) is 45.0 Å². The lowest BCUT2D eigenvalue weighted by molar-refractivity contribution is -0.114. The third-order valence-electron chi connectivity index (χ3n) is 3.90. The summed E-state index contributed by atoms with van der Waals surface area (Å²) in [6.07, 6.45) is 1.37. The molecule has 0 bridgehead atoms. The first kappa shape index (κ1) is 23.9. The third-order valence-corrected chi connectivity index (χ3v) is 7.72. The Kier molecular flexibility index (Phi) is 6.97. The molecule has 15 nitrogen and oxygen atoms in total. The Morgan fingerprint density at radius 2 is 1.71 bits per heavy atom. The van der Waals surface area contributed by atoms with Gasteiger partial charge in [0.15, 0.2) is 4.34 Å². The van der Waals surface area contributed by atoms with E-state index in [1.807, 2.05) is 0 Å². The summed E-state index contributed by atoms with van der Waals surface area (Å²) in [5.74, 6) is 5.38. The number of anilines is 2. The van der Waals surface area contributed by atoms with E-state index in [0.717, 1.165) is 34.9 Å². The Bertz CT molecular complexity index is 1440. The number of nitrogens with zero attached hydrogens (tertiary/aromatic N) is 7. The molecular weight excluding hydrogens is 527 g/mol. The number of fused-ring (bicyclic) bond motifs is 1. The van der Waals surface area contributed by atoms with E-state index in [1.54, 1.807) is 0 Å². The number of nitrogens with two attached hydrogens (primary N) is 2. The molecule has 0 radical (unpaired) electrons. The van der Waals surface area contributed by atoms with Gasteiger partial charge >= 0.3 is 0 Å². The zero-order valence-electron chi connectivity index (χ0n) is 16.9. The number of nitrogens with one attached hydrogen (secondary N) is 2. The highest BCUT2D eigenvalue weighted by Crippen LogP contribution is 2.26. The van der Waals surface area contributed by atoms with Gasteiger partial charge in [-0.25, -0.2) is 18.2 Å². The van der Waals surface area contributed by atoms with Gasteiger partial charge in [-0.2, -0.15) is 9.61 Å². The summed E-state index contributed by atoms with van der Waals surface area (Å²) < 4.78 is 25.6. The van der Waals surface area contributed by atoms with Gasteiger partial charge in [-0.3, -0.25) is 14.9 Å².